The van der Waals surface area contributed by atoms with Gasteiger partial charge in [0, 0.05) is 48.9 Å². The zero-order chi connectivity index (χ0) is 15.2. The quantitative estimate of drug-likeness (QED) is 0.852. The molecule has 0 amide bonds. The number of piperidine rings is 1. The summed E-state index contributed by atoms with van der Waals surface area (Å²) in [6, 6.07) is 2.45. The second-order valence-electron chi connectivity index (χ2n) is 7.38. The van der Waals surface area contributed by atoms with E-state index in [9.17, 15) is 0 Å². The number of fused-ring (bicyclic) bond motifs is 2. The molecular formula is C18H28N2OS. The van der Waals surface area contributed by atoms with E-state index in [1.54, 1.807) is 10.4 Å². The zero-order valence-corrected chi connectivity index (χ0v) is 14.8. The van der Waals surface area contributed by atoms with Crippen LogP contribution in [0.15, 0.2) is 6.07 Å². The molecule has 0 radical (unpaired) electrons. The van der Waals surface area contributed by atoms with E-state index in [0.29, 0.717) is 0 Å². The monoisotopic (exact) mass is 320 g/mol. The van der Waals surface area contributed by atoms with E-state index in [0.717, 1.165) is 25.4 Å². The Morgan fingerprint density at radius 1 is 1.32 bits per heavy atom. The van der Waals surface area contributed by atoms with Crippen molar-refractivity contribution in [1.82, 2.24) is 9.80 Å². The molecular weight excluding hydrogens is 292 g/mol. The number of nitrogens with zero attached hydrogens (tertiary/aromatic N) is 2. The summed E-state index contributed by atoms with van der Waals surface area (Å²) in [6.07, 6.45) is 4.65. The maximum absolute atomic E-state index is 6.37. The van der Waals surface area contributed by atoms with E-state index in [1.807, 2.05) is 11.3 Å². The summed E-state index contributed by atoms with van der Waals surface area (Å²) < 4.78 is 6.37. The van der Waals surface area contributed by atoms with Crippen molar-refractivity contribution in [1.29, 1.82) is 0 Å². The SMILES string of the molecule is CCc1cc2c(s1)CCOC21CCN(CC2CN(C)C2)CC1. The highest BCUT2D eigenvalue weighted by Crippen LogP contribution is 2.44. The normalized spacial score (nSPS) is 26.1. The summed E-state index contributed by atoms with van der Waals surface area (Å²) >= 11 is 2.03. The highest BCUT2D eigenvalue weighted by atomic mass is 32.1. The molecule has 4 heteroatoms. The van der Waals surface area contributed by atoms with Gasteiger partial charge < -0.3 is 14.5 Å². The van der Waals surface area contributed by atoms with E-state index >= 15 is 0 Å². The second kappa shape index (κ2) is 5.90. The van der Waals surface area contributed by atoms with Gasteiger partial charge in [-0.15, -0.1) is 11.3 Å². The number of likely N-dealkylation sites (tertiary alicyclic amines) is 2. The highest BCUT2D eigenvalue weighted by Gasteiger charge is 2.42. The lowest BCUT2D eigenvalue weighted by molar-refractivity contribution is -0.100. The number of ether oxygens (including phenoxy) is 1. The van der Waals surface area contributed by atoms with Crippen LogP contribution in [-0.4, -0.2) is 56.2 Å². The fraction of sp³-hybridized carbons (Fsp3) is 0.778. The maximum Gasteiger partial charge on any atom is 0.0966 e. The third-order valence-electron chi connectivity index (χ3n) is 5.73. The first kappa shape index (κ1) is 15.1. The summed E-state index contributed by atoms with van der Waals surface area (Å²) in [5, 5.41) is 0. The van der Waals surface area contributed by atoms with Crippen molar-refractivity contribution in [3.05, 3.63) is 21.4 Å². The average molecular weight is 321 g/mol. The van der Waals surface area contributed by atoms with Gasteiger partial charge in [0.25, 0.3) is 0 Å². The Bertz CT molecular complexity index is 527. The molecule has 1 spiro atoms. The Morgan fingerprint density at radius 3 is 2.77 bits per heavy atom. The predicted molar refractivity (Wildman–Crippen MR) is 91.7 cm³/mol. The molecule has 3 aliphatic heterocycles. The smallest absolute Gasteiger partial charge is 0.0966 e. The average Bonchev–Trinajstić information content (AvgIpc) is 2.93. The van der Waals surface area contributed by atoms with Crippen LogP contribution in [0.4, 0.5) is 0 Å². The van der Waals surface area contributed by atoms with Crippen LogP contribution in [0.2, 0.25) is 0 Å². The summed E-state index contributed by atoms with van der Waals surface area (Å²) in [6.45, 7) is 9.46. The van der Waals surface area contributed by atoms with Gasteiger partial charge in [-0.1, -0.05) is 6.92 Å². The molecule has 0 bridgehead atoms. The maximum atomic E-state index is 6.37. The van der Waals surface area contributed by atoms with Gasteiger partial charge in [0.1, 0.15) is 0 Å². The lowest BCUT2D eigenvalue weighted by Crippen LogP contribution is -2.52. The van der Waals surface area contributed by atoms with Gasteiger partial charge in [-0.3, -0.25) is 0 Å². The van der Waals surface area contributed by atoms with E-state index in [2.05, 4.69) is 29.8 Å². The molecule has 0 N–H and O–H groups in total. The van der Waals surface area contributed by atoms with Crippen LogP contribution in [0.1, 0.15) is 35.1 Å². The van der Waals surface area contributed by atoms with Gasteiger partial charge >= 0.3 is 0 Å². The van der Waals surface area contributed by atoms with Crippen molar-refractivity contribution in [2.45, 2.75) is 38.2 Å². The van der Waals surface area contributed by atoms with Crippen molar-refractivity contribution >= 4 is 11.3 Å². The minimum Gasteiger partial charge on any atom is -0.370 e. The van der Waals surface area contributed by atoms with Gasteiger partial charge in [-0.05, 0) is 43.9 Å². The summed E-state index contributed by atoms with van der Waals surface area (Å²) in [4.78, 5) is 8.24. The van der Waals surface area contributed by atoms with Crippen molar-refractivity contribution in [3.63, 3.8) is 0 Å². The van der Waals surface area contributed by atoms with Crippen LogP contribution in [0.25, 0.3) is 0 Å². The first-order valence-corrected chi connectivity index (χ1v) is 9.67. The van der Waals surface area contributed by atoms with Crippen LogP contribution >= 0.6 is 11.3 Å². The van der Waals surface area contributed by atoms with Gasteiger partial charge in [-0.2, -0.15) is 0 Å². The van der Waals surface area contributed by atoms with Crippen LogP contribution < -0.4 is 0 Å². The van der Waals surface area contributed by atoms with E-state index in [4.69, 9.17) is 4.74 Å². The number of rotatable bonds is 3. The van der Waals surface area contributed by atoms with Crippen molar-refractivity contribution < 1.29 is 4.74 Å². The van der Waals surface area contributed by atoms with Crippen molar-refractivity contribution in [2.24, 2.45) is 5.92 Å². The molecule has 0 atom stereocenters. The third-order valence-corrected chi connectivity index (χ3v) is 7.07. The number of hydrogen-bond acceptors (Lipinski definition) is 4. The van der Waals surface area contributed by atoms with Crippen LogP contribution in [-0.2, 0) is 23.2 Å². The molecule has 22 heavy (non-hydrogen) atoms. The minimum atomic E-state index is 0.0460. The van der Waals surface area contributed by atoms with E-state index in [-0.39, 0.29) is 5.60 Å². The highest BCUT2D eigenvalue weighted by molar-refractivity contribution is 7.12. The first-order valence-electron chi connectivity index (χ1n) is 8.85. The fourth-order valence-corrected chi connectivity index (χ4v) is 5.64. The topological polar surface area (TPSA) is 15.7 Å². The molecule has 2 fully saturated rings. The Hall–Kier alpha value is -0.420. The number of aryl methyl sites for hydroxylation is 1. The molecule has 0 saturated carbocycles. The lowest BCUT2D eigenvalue weighted by atomic mass is 9.82. The predicted octanol–water partition coefficient (Wildman–Crippen LogP) is 2.74. The minimum absolute atomic E-state index is 0.0460. The van der Waals surface area contributed by atoms with Crippen LogP contribution in [0.3, 0.4) is 0 Å². The fourth-order valence-electron chi connectivity index (χ4n) is 4.47. The molecule has 0 unspecified atom stereocenters. The van der Waals surface area contributed by atoms with Crippen molar-refractivity contribution in [3.8, 4) is 0 Å². The Morgan fingerprint density at radius 2 is 2.09 bits per heavy atom. The second-order valence-corrected chi connectivity index (χ2v) is 8.61. The third kappa shape index (κ3) is 2.64. The van der Waals surface area contributed by atoms with Gasteiger partial charge in [0.15, 0.2) is 0 Å². The van der Waals surface area contributed by atoms with Crippen molar-refractivity contribution in [2.75, 3.05) is 46.4 Å². The Labute approximate surface area is 138 Å². The molecule has 1 aromatic heterocycles. The lowest BCUT2D eigenvalue weighted by Gasteiger charge is -2.46. The molecule has 3 nitrogen and oxygen atoms in total. The number of hydrogen-bond donors (Lipinski definition) is 0. The summed E-state index contributed by atoms with van der Waals surface area (Å²) in [5.74, 6) is 0.898. The largest absolute Gasteiger partial charge is 0.370 e. The first-order chi connectivity index (χ1) is 10.7. The summed E-state index contributed by atoms with van der Waals surface area (Å²) in [5.41, 5.74) is 1.59. The zero-order valence-electron chi connectivity index (χ0n) is 13.9. The Balaban J connectivity index is 1.43. The van der Waals surface area contributed by atoms with E-state index < -0.39 is 0 Å². The van der Waals surface area contributed by atoms with Crippen LogP contribution in [0, 0.1) is 5.92 Å². The molecule has 2 saturated heterocycles. The molecule has 122 valence electrons. The van der Waals surface area contributed by atoms with E-state index in [1.165, 1.54) is 50.4 Å². The number of thiophene rings is 1. The van der Waals surface area contributed by atoms with Gasteiger partial charge in [-0.25, -0.2) is 0 Å². The molecule has 0 aliphatic carbocycles. The summed E-state index contributed by atoms with van der Waals surface area (Å²) in [7, 11) is 2.22. The van der Waals surface area contributed by atoms with Gasteiger partial charge in [0.05, 0.1) is 12.2 Å². The molecule has 4 heterocycles. The Kier molecular flexibility index (Phi) is 4.05. The molecule has 0 aromatic carbocycles. The standard InChI is InChI=1S/C18H28N2OS/c1-3-15-10-16-17(22-15)4-9-21-18(16)5-7-20(8-6-18)13-14-11-19(2)12-14/h10,14H,3-9,11-13H2,1-2H3. The molecule has 1 aromatic rings. The van der Waals surface area contributed by atoms with Crippen LogP contribution in [0.5, 0.6) is 0 Å². The molecule has 3 aliphatic rings. The molecule has 4 rings (SSSR count). The van der Waals surface area contributed by atoms with Gasteiger partial charge in [0.2, 0.25) is 0 Å².